The summed E-state index contributed by atoms with van der Waals surface area (Å²) in [5, 5.41) is 0. The van der Waals surface area contributed by atoms with E-state index in [0.717, 1.165) is 29.5 Å². The molecule has 6 rings (SSSR count). The van der Waals surface area contributed by atoms with Crippen molar-refractivity contribution in [3.05, 3.63) is 108 Å². The first-order valence-electron chi connectivity index (χ1n) is 11.0. The van der Waals surface area contributed by atoms with Gasteiger partial charge in [-0.05, 0) is 0 Å². The number of hydrogen-bond donors (Lipinski definition) is 0. The standard InChI is InChI=1S/C28H28O4Te/c1-29-27-19-11-9-15-23(27)24-16-10-12-20-28(24,30-2)33(27,31-3,32-4)25-17-7-5-13-21(25)22-14-6-8-18-26(22)33/h5-20H,1-4H3. The molecule has 1 spiro atoms. The average Bonchev–Trinajstić information content (AvgIpc) is 3.26. The summed E-state index contributed by atoms with van der Waals surface area (Å²) in [6, 6.07) is 16.9. The van der Waals surface area contributed by atoms with Crippen LogP contribution in [0.15, 0.2) is 108 Å². The maximum atomic E-state index is 7.27. The van der Waals surface area contributed by atoms with Crippen molar-refractivity contribution < 1.29 is 15.7 Å². The molecule has 0 radical (unpaired) electrons. The molecule has 2 aliphatic heterocycles. The second kappa shape index (κ2) is 6.25. The number of allylic oxidation sites excluding steroid dienone is 4. The quantitative estimate of drug-likeness (QED) is 0.537. The van der Waals surface area contributed by atoms with Crippen molar-refractivity contribution in [2.45, 2.75) is 7.30 Å². The summed E-state index contributed by atoms with van der Waals surface area (Å²) < 4.78 is 28.0. The van der Waals surface area contributed by atoms with Crippen LogP contribution in [0.1, 0.15) is 0 Å². The Labute approximate surface area is 193 Å². The summed E-state index contributed by atoms with van der Waals surface area (Å²) >= 11 is -6.12. The molecule has 0 aromatic heterocycles. The van der Waals surface area contributed by atoms with Crippen LogP contribution in [0, 0.1) is 0 Å². The van der Waals surface area contributed by atoms with Gasteiger partial charge in [0.25, 0.3) is 0 Å². The minimum absolute atomic E-state index is 1.01. The molecule has 2 atom stereocenters. The number of methoxy groups -OCH3 is 2. The Kier molecular flexibility index (Phi) is 4.04. The first kappa shape index (κ1) is 21.3. The Bertz CT molecular complexity index is 1270. The molecule has 0 N–H and O–H groups in total. The fourth-order valence-electron chi connectivity index (χ4n) is 7.32. The van der Waals surface area contributed by atoms with Gasteiger partial charge in [-0.3, -0.25) is 0 Å². The molecular formula is C28H28O4Te. The van der Waals surface area contributed by atoms with Crippen molar-refractivity contribution in [2.24, 2.45) is 0 Å². The van der Waals surface area contributed by atoms with Crippen molar-refractivity contribution in [2.75, 3.05) is 28.4 Å². The van der Waals surface area contributed by atoms with Crippen LogP contribution in [0.5, 0.6) is 0 Å². The SMILES string of the molecule is COC12C=CC=CC1=C1C=CC=CC1(OC)[Te]21(OC)(OC)c2ccccc2-c2ccccc21. The summed E-state index contributed by atoms with van der Waals surface area (Å²) in [5.41, 5.74) is 4.22. The van der Waals surface area contributed by atoms with Gasteiger partial charge in [-0.15, -0.1) is 0 Å². The predicted molar refractivity (Wildman–Crippen MR) is 134 cm³/mol. The third-order valence-corrected chi connectivity index (χ3v) is 31.8. The predicted octanol–water partition coefficient (Wildman–Crippen LogP) is 3.84. The zero-order valence-corrected chi connectivity index (χ0v) is 21.6. The second-order valence-electron chi connectivity index (χ2n) is 8.68. The second-order valence-corrected chi connectivity index (χ2v) is 24.2. The van der Waals surface area contributed by atoms with Crippen LogP contribution in [-0.2, 0) is 15.7 Å². The summed E-state index contributed by atoms with van der Waals surface area (Å²) in [4.78, 5) is 0. The molecule has 4 aliphatic rings. The van der Waals surface area contributed by atoms with Crippen molar-refractivity contribution in [3.8, 4) is 11.1 Å². The Hall–Kier alpha value is -2.23. The topological polar surface area (TPSA) is 36.9 Å². The molecular weight excluding hydrogens is 528 g/mol. The van der Waals surface area contributed by atoms with Crippen LogP contribution in [-0.4, -0.2) is 52.0 Å². The number of fused-ring (bicyclic) bond motifs is 9. The number of hydrogen-bond acceptors (Lipinski definition) is 4. The van der Waals surface area contributed by atoms with Crippen LogP contribution in [0.25, 0.3) is 11.1 Å². The van der Waals surface area contributed by atoms with E-state index in [0.29, 0.717) is 0 Å². The van der Waals surface area contributed by atoms with Crippen LogP contribution in [0.3, 0.4) is 0 Å². The van der Waals surface area contributed by atoms with Crippen LogP contribution in [0.4, 0.5) is 0 Å². The number of ether oxygens (including phenoxy) is 2. The van der Waals surface area contributed by atoms with Gasteiger partial charge in [-0.2, -0.15) is 0 Å². The molecule has 5 heteroatoms. The van der Waals surface area contributed by atoms with E-state index in [-0.39, 0.29) is 0 Å². The van der Waals surface area contributed by atoms with Crippen molar-refractivity contribution in [1.82, 2.24) is 0 Å². The Morgan fingerprint density at radius 2 is 1.00 bits per heavy atom. The van der Waals surface area contributed by atoms with Crippen LogP contribution >= 0.6 is 0 Å². The monoisotopic (exact) mass is 558 g/mol. The molecule has 2 aromatic carbocycles. The zero-order chi connectivity index (χ0) is 23.0. The molecule has 0 saturated carbocycles. The molecule has 2 unspecified atom stereocenters. The van der Waals surface area contributed by atoms with Crippen LogP contribution in [0.2, 0.25) is 0 Å². The van der Waals surface area contributed by atoms with E-state index in [2.05, 4.69) is 72.8 Å². The normalized spacial score (nSPS) is 32.4. The molecule has 4 nitrogen and oxygen atoms in total. The van der Waals surface area contributed by atoms with Crippen molar-refractivity contribution in [1.29, 1.82) is 0 Å². The summed E-state index contributed by atoms with van der Waals surface area (Å²) in [7, 11) is 7.09. The molecule has 0 bridgehead atoms. The van der Waals surface area contributed by atoms with E-state index in [4.69, 9.17) is 15.7 Å². The Morgan fingerprint density at radius 3 is 1.39 bits per heavy atom. The zero-order valence-electron chi connectivity index (χ0n) is 19.3. The maximum absolute atomic E-state index is 7.27. The molecule has 33 heavy (non-hydrogen) atoms. The molecule has 0 amide bonds. The number of rotatable bonds is 4. The van der Waals surface area contributed by atoms with E-state index in [1.807, 2.05) is 24.3 Å². The molecule has 0 saturated heterocycles. The average molecular weight is 556 g/mol. The molecule has 170 valence electrons. The number of benzene rings is 2. The Balaban J connectivity index is 2.05. The molecule has 2 heterocycles. The van der Waals surface area contributed by atoms with Crippen molar-refractivity contribution >= 4 is 23.5 Å². The summed E-state index contributed by atoms with van der Waals surface area (Å²) in [6.07, 6.45) is 16.7. The van der Waals surface area contributed by atoms with E-state index < -0.39 is 23.6 Å². The van der Waals surface area contributed by atoms with Gasteiger partial charge in [0, 0.05) is 0 Å². The summed E-state index contributed by atoms with van der Waals surface area (Å²) in [5.74, 6) is 0. The van der Waals surface area contributed by atoms with Gasteiger partial charge in [0.1, 0.15) is 0 Å². The molecule has 2 aliphatic carbocycles. The Morgan fingerprint density at radius 1 is 0.576 bits per heavy atom. The van der Waals surface area contributed by atoms with Gasteiger partial charge in [-0.25, -0.2) is 0 Å². The first-order valence-corrected chi connectivity index (χ1v) is 17.6. The fourth-order valence-corrected chi connectivity index (χ4v) is 32.8. The van der Waals surface area contributed by atoms with Crippen molar-refractivity contribution in [3.63, 3.8) is 0 Å². The fraction of sp³-hybridized carbons (Fsp3) is 0.214. The van der Waals surface area contributed by atoms with E-state index in [9.17, 15) is 0 Å². The van der Waals surface area contributed by atoms with E-state index >= 15 is 0 Å². The first-order chi connectivity index (χ1) is 16.1. The van der Waals surface area contributed by atoms with E-state index in [1.165, 1.54) is 0 Å². The van der Waals surface area contributed by atoms with E-state index in [1.54, 1.807) is 28.4 Å². The van der Waals surface area contributed by atoms with Gasteiger partial charge >= 0.3 is 194 Å². The molecule has 2 aromatic rings. The minimum atomic E-state index is -6.12. The van der Waals surface area contributed by atoms with Gasteiger partial charge < -0.3 is 0 Å². The van der Waals surface area contributed by atoms with Gasteiger partial charge in [0.05, 0.1) is 0 Å². The van der Waals surface area contributed by atoms with Crippen LogP contribution < -0.4 is 7.22 Å². The van der Waals surface area contributed by atoms with Gasteiger partial charge in [-0.1, -0.05) is 0 Å². The third kappa shape index (κ3) is 1.55. The third-order valence-electron chi connectivity index (χ3n) is 8.32. The molecule has 0 fully saturated rings. The summed E-state index contributed by atoms with van der Waals surface area (Å²) in [6.45, 7) is 0. The van der Waals surface area contributed by atoms with Gasteiger partial charge in [0.2, 0.25) is 0 Å². The van der Waals surface area contributed by atoms with Gasteiger partial charge in [0.15, 0.2) is 0 Å².